The maximum atomic E-state index is 11.4. The summed E-state index contributed by atoms with van der Waals surface area (Å²) in [6.45, 7) is 5.94. The van der Waals surface area contributed by atoms with Crippen LogP contribution in [0.1, 0.15) is 40.0 Å². The molecule has 0 bridgehead atoms. The zero-order valence-electron chi connectivity index (χ0n) is 7.52. The van der Waals surface area contributed by atoms with Crippen molar-refractivity contribution in [1.29, 1.82) is 0 Å². The number of carbonyl (C=O) groups excluding carboxylic acids is 1. The van der Waals surface area contributed by atoms with E-state index in [4.69, 9.17) is 4.74 Å². The van der Waals surface area contributed by atoms with E-state index >= 15 is 0 Å². The third-order valence-electron chi connectivity index (χ3n) is 2.25. The number of ether oxygens (including phenoxy) is 1. The van der Waals surface area contributed by atoms with Crippen LogP contribution in [-0.4, -0.2) is 17.5 Å². The van der Waals surface area contributed by atoms with Gasteiger partial charge in [0, 0.05) is 6.42 Å². The predicted molar refractivity (Wildman–Crippen MR) is 43.5 cm³/mol. The number of carbonyl (C=O) groups is 1. The van der Waals surface area contributed by atoms with E-state index in [0.29, 0.717) is 6.42 Å². The van der Waals surface area contributed by atoms with Gasteiger partial charge >= 0.3 is 0 Å². The number of ketones is 1. The van der Waals surface area contributed by atoms with Crippen LogP contribution in [0.4, 0.5) is 0 Å². The highest BCUT2D eigenvalue weighted by Crippen LogP contribution is 2.30. The molecule has 0 amide bonds. The van der Waals surface area contributed by atoms with Crippen LogP contribution in [0.3, 0.4) is 0 Å². The molecule has 1 heterocycles. The highest BCUT2D eigenvalue weighted by molar-refractivity contribution is 5.88. The zero-order chi connectivity index (χ0) is 8.48. The molecule has 0 aromatic carbocycles. The minimum atomic E-state index is -0.464. The average Bonchev–Trinajstić information content (AvgIpc) is 2.08. The Morgan fingerprint density at radius 1 is 1.73 bits per heavy atom. The molecule has 1 aliphatic rings. The molecule has 0 saturated carbocycles. The van der Waals surface area contributed by atoms with Crippen molar-refractivity contribution in [2.75, 3.05) is 0 Å². The number of Topliss-reactive ketones (excluding diaryl/α,β-unsaturated/α-hetero) is 1. The Morgan fingerprint density at radius 2 is 2.36 bits per heavy atom. The van der Waals surface area contributed by atoms with Crippen LogP contribution >= 0.6 is 0 Å². The molecule has 1 aliphatic heterocycles. The quantitative estimate of drug-likeness (QED) is 0.610. The molecular weight excluding hydrogens is 140 g/mol. The van der Waals surface area contributed by atoms with Crippen molar-refractivity contribution >= 4 is 5.78 Å². The minimum absolute atomic E-state index is 0.124. The molecule has 1 rings (SSSR count). The Balaban J connectivity index is 2.63. The van der Waals surface area contributed by atoms with Gasteiger partial charge in [-0.2, -0.15) is 0 Å². The molecule has 2 nitrogen and oxygen atoms in total. The average molecular weight is 156 g/mol. The van der Waals surface area contributed by atoms with Crippen molar-refractivity contribution < 1.29 is 9.53 Å². The van der Waals surface area contributed by atoms with E-state index in [0.717, 1.165) is 12.8 Å². The van der Waals surface area contributed by atoms with Crippen LogP contribution in [0.25, 0.3) is 0 Å². The molecule has 1 fully saturated rings. The molecule has 0 aliphatic carbocycles. The van der Waals surface area contributed by atoms with Gasteiger partial charge in [0.05, 0.1) is 6.10 Å². The molecule has 0 aromatic heterocycles. The molecule has 2 heteroatoms. The Kier molecular flexibility index (Phi) is 2.33. The molecule has 11 heavy (non-hydrogen) atoms. The largest absolute Gasteiger partial charge is 0.364 e. The first-order chi connectivity index (χ1) is 5.08. The second-order valence-electron chi connectivity index (χ2n) is 3.54. The molecule has 1 saturated heterocycles. The summed E-state index contributed by atoms with van der Waals surface area (Å²) in [4.78, 5) is 11.4. The number of hydrogen-bond donors (Lipinski definition) is 0. The molecule has 0 radical (unpaired) electrons. The van der Waals surface area contributed by atoms with Gasteiger partial charge in [0.15, 0.2) is 5.78 Å². The fourth-order valence-electron chi connectivity index (χ4n) is 1.70. The summed E-state index contributed by atoms with van der Waals surface area (Å²) in [5.74, 6) is 0.270. The Morgan fingerprint density at radius 3 is 2.73 bits per heavy atom. The number of hydrogen-bond acceptors (Lipinski definition) is 2. The van der Waals surface area contributed by atoms with E-state index in [2.05, 4.69) is 6.92 Å². The molecule has 0 N–H and O–H groups in total. The Hall–Kier alpha value is -0.370. The zero-order valence-corrected chi connectivity index (χ0v) is 7.52. The van der Waals surface area contributed by atoms with Crippen LogP contribution in [0.5, 0.6) is 0 Å². The molecule has 0 aromatic rings. The van der Waals surface area contributed by atoms with E-state index in [-0.39, 0.29) is 11.9 Å². The normalized spacial score (nSPS) is 38.1. The second kappa shape index (κ2) is 2.94. The SMILES string of the molecule is CCCC1(C)OC(C)CC1=O. The third kappa shape index (κ3) is 1.62. The van der Waals surface area contributed by atoms with Gasteiger partial charge in [-0.05, 0) is 20.3 Å². The molecule has 64 valence electrons. The minimum Gasteiger partial charge on any atom is -0.364 e. The molecule has 2 atom stereocenters. The fourth-order valence-corrected chi connectivity index (χ4v) is 1.70. The van der Waals surface area contributed by atoms with E-state index in [9.17, 15) is 4.79 Å². The molecular formula is C9H16O2. The summed E-state index contributed by atoms with van der Waals surface area (Å²) in [6, 6.07) is 0. The first-order valence-corrected chi connectivity index (χ1v) is 4.29. The third-order valence-corrected chi connectivity index (χ3v) is 2.25. The van der Waals surface area contributed by atoms with Crippen molar-refractivity contribution in [1.82, 2.24) is 0 Å². The van der Waals surface area contributed by atoms with Crippen molar-refractivity contribution in [2.24, 2.45) is 0 Å². The lowest BCUT2D eigenvalue weighted by atomic mass is 9.95. The van der Waals surface area contributed by atoms with Gasteiger partial charge in [-0.3, -0.25) is 4.79 Å². The van der Waals surface area contributed by atoms with Gasteiger partial charge in [0.25, 0.3) is 0 Å². The summed E-state index contributed by atoms with van der Waals surface area (Å²) in [5, 5.41) is 0. The predicted octanol–water partition coefficient (Wildman–Crippen LogP) is 1.92. The lowest BCUT2D eigenvalue weighted by Gasteiger charge is -2.21. The first kappa shape index (κ1) is 8.72. The van der Waals surface area contributed by atoms with Gasteiger partial charge in [0.1, 0.15) is 5.60 Å². The maximum Gasteiger partial charge on any atom is 0.166 e. The standard InChI is InChI=1S/C9H16O2/c1-4-5-9(3)8(10)6-7(2)11-9/h7H,4-6H2,1-3H3. The summed E-state index contributed by atoms with van der Waals surface area (Å²) in [5.41, 5.74) is -0.464. The Labute approximate surface area is 67.9 Å². The lowest BCUT2D eigenvalue weighted by Crippen LogP contribution is -2.31. The van der Waals surface area contributed by atoms with Crippen molar-refractivity contribution in [3.05, 3.63) is 0 Å². The van der Waals surface area contributed by atoms with Gasteiger partial charge in [-0.1, -0.05) is 13.3 Å². The van der Waals surface area contributed by atoms with Gasteiger partial charge < -0.3 is 4.74 Å². The van der Waals surface area contributed by atoms with Crippen molar-refractivity contribution in [3.63, 3.8) is 0 Å². The van der Waals surface area contributed by atoms with Crippen LogP contribution in [0.15, 0.2) is 0 Å². The van der Waals surface area contributed by atoms with E-state index < -0.39 is 5.60 Å². The van der Waals surface area contributed by atoms with Crippen LogP contribution in [0.2, 0.25) is 0 Å². The van der Waals surface area contributed by atoms with Gasteiger partial charge in [-0.15, -0.1) is 0 Å². The van der Waals surface area contributed by atoms with Crippen molar-refractivity contribution in [3.8, 4) is 0 Å². The molecule has 0 spiro atoms. The van der Waals surface area contributed by atoms with E-state index in [1.807, 2.05) is 13.8 Å². The van der Waals surface area contributed by atoms with Gasteiger partial charge in [0.2, 0.25) is 0 Å². The van der Waals surface area contributed by atoms with E-state index in [1.54, 1.807) is 0 Å². The Bertz CT molecular complexity index is 165. The molecule has 2 unspecified atom stereocenters. The topological polar surface area (TPSA) is 26.3 Å². The van der Waals surface area contributed by atoms with Crippen LogP contribution in [0, 0.1) is 0 Å². The van der Waals surface area contributed by atoms with E-state index in [1.165, 1.54) is 0 Å². The highest BCUT2D eigenvalue weighted by Gasteiger charge is 2.41. The summed E-state index contributed by atoms with van der Waals surface area (Å²) >= 11 is 0. The first-order valence-electron chi connectivity index (χ1n) is 4.29. The highest BCUT2D eigenvalue weighted by atomic mass is 16.5. The summed E-state index contributed by atoms with van der Waals surface area (Å²) < 4.78 is 5.55. The van der Waals surface area contributed by atoms with Gasteiger partial charge in [-0.25, -0.2) is 0 Å². The summed E-state index contributed by atoms with van der Waals surface area (Å²) in [6.07, 6.45) is 2.58. The summed E-state index contributed by atoms with van der Waals surface area (Å²) in [7, 11) is 0. The maximum absolute atomic E-state index is 11.4. The lowest BCUT2D eigenvalue weighted by molar-refractivity contribution is -0.131. The fraction of sp³-hybridized carbons (Fsp3) is 0.889. The monoisotopic (exact) mass is 156 g/mol. The van der Waals surface area contributed by atoms with Crippen molar-refractivity contribution in [2.45, 2.75) is 51.7 Å². The van der Waals surface area contributed by atoms with Crippen LogP contribution in [-0.2, 0) is 9.53 Å². The smallest absolute Gasteiger partial charge is 0.166 e. The second-order valence-corrected chi connectivity index (χ2v) is 3.54. The number of rotatable bonds is 2. The van der Waals surface area contributed by atoms with Crippen LogP contribution < -0.4 is 0 Å².